The summed E-state index contributed by atoms with van der Waals surface area (Å²) in [5, 5.41) is 15.7. The van der Waals surface area contributed by atoms with Gasteiger partial charge in [-0.3, -0.25) is 10.2 Å². The zero-order valence-electron chi connectivity index (χ0n) is 20.5. The van der Waals surface area contributed by atoms with Crippen LogP contribution in [0.25, 0.3) is 6.08 Å². The van der Waals surface area contributed by atoms with Gasteiger partial charge in [-0.2, -0.15) is 15.1 Å². The highest BCUT2D eigenvalue weighted by atomic mass is 32.2. The summed E-state index contributed by atoms with van der Waals surface area (Å²) in [6, 6.07) is 15.5. The molecule has 0 saturated heterocycles. The molecule has 1 N–H and O–H groups in total. The smallest absolute Gasteiger partial charge is 0.283 e. The van der Waals surface area contributed by atoms with Crippen LogP contribution in [0.4, 0.5) is 0 Å². The number of hydrogen-bond acceptors (Lipinski definition) is 6. The van der Waals surface area contributed by atoms with E-state index in [-0.39, 0.29) is 16.8 Å². The Morgan fingerprint density at radius 2 is 1.77 bits per heavy atom. The molecule has 0 fully saturated rings. The van der Waals surface area contributed by atoms with E-state index in [4.69, 9.17) is 14.9 Å². The van der Waals surface area contributed by atoms with Gasteiger partial charge in [0, 0.05) is 0 Å². The van der Waals surface area contributed by atoms with Crippen LogP contribution in [0, 0.1) is 5.41 Å². The third-order valence-electron chi connectivity index (χ3n) is 5.47. The first-order valence-corrected chi connectivity index (χ1v) is 12.5. The second kappa shape index (κ2) is 10.5. The normalized spacial score (nSPS) is 16.8. The zero-order valence-corrected chi connectivity index (χ0v) is 21.3. The molecule has 1 amide bonds. The third kappa shape index (κ3) is 6.00. The predicted molar refractivity (Wildman–Crippen MR) is 142 cm³/mol. The molecule has 0 atom stereocenters. The minimum atomic E-state index is -0.432. The Morgan fingerprint density at radius 3 is 2.46 bits per heavy atom. The number of nitrogens with one attached hydrogen (secondary N) is 1. The lowest BCUT2D eigenvalue weighted by atomic mass is 9.87. The zero-order chi connectivity index (χ0) is 25.0. The van der Waals surface area contributed by atoms with Crippen molar-refractivity contribution >= 4 is 39.8 Å². The third-order valence-corrected chi connectivity index (χ3v) is 6.44. The Hall–Kier alpha value is -3.39. The molecule has 0 spiro atoms. The summed E-state index contributed by atoms with van der Waals surface area (Å²) in [4.78, 5) is 16.7. The highest BCUT2D eigenvalue weighted by molar-refractivity contribution is 8.26. The van der Waals surface area contributed by atoms with E-state index in [1.54, 1.807) is 6.08 Å². The van der Waals surface area contributed by atoms with Gasteiger partial charge in [0.1, 0.15) is 29.8 Å². The molecule has 8 heteroatoms. The second-order valence-electron chi connectivity index (χ2n) is 9.31. The number of ether oxygens (including phenoxy) is 2. The average Bonchev–Trinajstić information content (AvgIpc) is 3.22. The Morgan fingerprint density at radius 1 is 1.06 bits per heavy atom. The van der Waals surface area contributed by atoms with Gasteiger partial charge in [-0.25, -0.2) is 0 Å². The van der Waals surface area contributed by atoms with Crippen LogP contribution in [-0.2, 0) is 10.2 Å². The molecule has 7 nitrogen and oxygen atoms in total. The van der Waals surface area contributed by atoms with Crippen LogP contribution in [0.5, 0.6) is 11.5 Å². The van der Waals surface area contributed by atoms with Crippen molar-refractivity contribution in [2.24, 2.45) is 10.1 Å². The molecule has 35 heavy (non-hydrogen) atoms. The minimum absolute atomic E-state index is 0.0378. The maximum Gasteiger partial charge on any atom is 0.283 e. The number of amidine groups is 2. The molecular weight excluding hydrogens is 460 g/mol. The second-order valence-corrected chi connectivity index (χ2v) is 10.3. The van der Waals surface area contributed by atoms with Gasteiger partial charge in [0.25, 0.3) is 5.91 Å². The first kappa shape index (κ1) is 24.7. The van der Waals surface area contributed by atoms with Gasteiger partial charge in [-0.1, -0.05) is 52.0 Å². The SMILES string of the molecule is CCCC1=NN2C(=N)C(=Cc3cccc(OCCOc4ccc(C(C)(C)C)cc4)c3)C(=O)N=C2S1. The molecular formula is C27H30N4O3S. The largest absolute Gasteiger partial charge is 0.490 e. The van der Waals surface area contributed by atoms with Crippen molar-refractivity contribution in [2.45, 2.75) is 46.0 Å². The molecule has 2 heterocycles. The Labute approximate surface area is 210 Å². The van der Waals surface area contributed by atoms with Crippen molar-refractivity contribution in [3.05, 3.63) is 65.2 Å². The van der Waals surface area contributed by atoms with Crippen molar-refractivity contribution in [1.29, 1.82) is 5.41 Å². The van der Waals surface area contributed by atoms with Gasteiger partial charge < -0.3 is 9.47 Å². The molecule has 0 aromatic heterocycles. The number of benzene rings is 2. The Bertz CT molecular complexity index is 1210. The van der Waals surface area contributed by atoms with E-state index in [9.17, 15) is 4.79 Å². The van der Waals surface area contributed by atoms with Crippen LogP contribution < -0.4 is 9.47 Å². The topological polar surface area (TPSA) is 87.3 Å². The molecule has 0 unspecified atom stereocenters. The van der Waals surface area contributed by atoms with Crippen molar-refractivity contribution in [1.82, 2.24) is 5.01 Å². The summed E-state index contributed by atoms with van der Waals surface area (Å²) in [5.41, 5.74) is 2.32. The van der Waals surface area contributed by atoms with E-state index in [2.05, 4.69) is 49.9 Å². The number of thioether (sulfide) groups is 1. The van der Waals surface area contributed by atoms with E-state index < -0.39 is 5.91 Å². The van der Waals surface area contributed by atoms with Crippen LogP contribution >= 0.6 is 11.8 Å². The fourth-order valence-electron chi connectivity index (χ4n) is 3.58. The summed E-state index contributed by atoms with van der Waals surface area (Å²) in [7, 11) is 0. The molecule has 0 radical (unpaired) electrons. The number of hydrogen-bond donors (Lipinski definition) is 1. The summed E-state index contributed by atoms with van der Waals surface area (Å²) >= 11 is 1.35. The monoisotopic (exact) mass is 490 g/mol. The van der Waals surface area contributed by atoms with E-state index in [0.717, 1.165) is 29.2 Å². The van der Waals surface area contributed by atoms with E-state index in [1.807, 2.05) is 36.4 Å². The molecule has 2 aliphatic rings. The molecule has 2 aromatic carbocycles. The maximum atomic E-state index is 12.6. The first-order valence-electron chi connectivity index (χ1n) is 11.7. The lowest BCUT2D eigenvalue weighted by molar-refractivity contribution is -0.114. The van der Waals surface area contributed by atoms with Crippen LogP contribution in [0.3, 0.4) is 0 Å². The highest BCUT2D eigenvalue weighted by Crippen LogP contribution is 2.30. The molecule has 0 bridgehead atoms. The number of carbonyl (C=O) groups is 1. The van der Waals surface area contributed by atoms with Crippen LogP contribution in [-0.4, -0.2) is 40.2 Å². The van der Waals surface area contributed by atoms with E-state index in [0.29, 0.717) is 24.1 Å². The fraction of sp³-hybridized carbons (Fsp3) is 0.333. The van der Waals surface area contributed by atoms with Crippen LogP contribution in [0.2, 0.25) is 0 Å². The standard InChI is InChI=1S/C27H30N4O3S/c1-5-7-23-30-31-24(28)22(25(32)29-26(31)35-23)17-18-8-6-9-21(16-18)34-15-14-33-20-12-10-19(11-13-20)27(2,3)4/h6,8-13,16-17,28H,5,7,14-15H2,1-4H3. The van der Waals surface area contributed by atoms with Crippen molar-refractivity contribution < 1.29 is 14.3 Å². The summed E-state index contributed by atoms with van der Waals surface area (Å²) in [6.45, 7) is 9.40. The van der Waals surface area contributed by atoms with Gasteiger partial charge in [0.2, 0.25) is 5.17 Å². The number of hydrazone groups is 1. The predicted octanol–water partition coefficient (Wildman–Crippen LogP) is 5.86. The number of nitrogens with zero attached hydrogens (tertiary/aromatic N) is 3. The Balaban J connectivity index is 1.36. The van der Waals surface area contributed by atoms with Crippen LogP contribution in [0.15, 0.2) is 64.2 Å². The quantitative estimate of drug-likeness (QED) is 0.370. The van der Waals surface area contributed by atoms with Gasteiger partial charge in [0.05, 0.1) is 5.57 Å². The molecule has 4 rings (SSSR count). The van der Waals surface area contributed by atoms with Gasteiger partial charge in [0.15, 0.2) is 5.84 Å². The molecule has 182 valence electrons. The van der Waals surface area contributed by atoms with Crippen LogP contribution in [0.1, 0.15) is 51.7 Å². The van der Waals surface area contributed by atoms with E-state index >= 15 is 0 Å². The molecule has 2 aliphatic heterocycles. The first-order chi connectivity index (χ1) is 16.7. The highest BCUT2D eigenvalue weighted by Gasteiger charge is 2.35. The molecule has 0 aliphatic carbocycles. The number of aliphatic imine (C=N–C) groups is 1. The summed E-state index contributed by atoms with van der Waals surface area (Å²) in [5.74, 6) is 1.07. The fourth-order valence-corrected chi connectivity index (χ4v) is 4.56. The van der Waals surface area contributed by atoms with Gasteiger partial charge >= 0.3 is 0 Å². The average molecular weight is 491 g/mol. The number of rotatable bonds is 8. The van der Waals surface area contributed by atoms with Crippen molar-refractivity contribution in [3.8, 4) is 11.5 Å². The molecule has 0 saturated carbocycles. The van der Waals surface area contributed by atoms with Crippen molar-refractivity contribution in [3.63, 3.8) is 0 Å². The maximum absolute atomic E-state index is 12.6. The summed E-state index contributed by atoms with van der Waals surface area (Å²) in [6.07, 6.45) is 3.40. The van der Waals surface area contributed by atoms with Gasteiger partial charge in [-0.15, -0.1) is 0 Å². The summed E-state index contributed by atoms with van der Waals surface area (Å²) < 4.78 is 11.6. The number of amides is 1. The van der Waals surface area contributed by atoms with E-state index in [1.165, 1.54) is 22.3 Å². The minimum Gasteiger partial charge on any atom is -0.490 e. The molecule has 2 aromatic rings. The number of fused-ring (bicyclic) bond motifs is 1. The van der Waals surface area contributed by atoms with Gasteiger partial charge in [-0.05, 0) is 71.5 Å². The lowest BCUT2D eigenvalue weighted by Gasteiger charge is -2.20. The lowest BCUT2D eigenvalue weighted by Crippen LogP contribution is -2.35. The van der Waals surface area contributed by atoms with Crippen molar-refractivity contribution in [2.75, 3.05) is 13.2 Å². The number of carbonyl (C=O) groups excluding carboxylic acids is 1. The Kier molecular flexibility index (Phi) is 7.40.